The van der Waals surface area contributed by atoms with Crippen molar-refractivity contribution in [3.8, 4) is 0 Å². The predicted molar refractivity (Wildman–Crippen MR) is 76.5 cm³/mol. The van der Waals surface area contributed by atoms with Crippen LogP contribution in [0.15, 0.2) is 29.8 Å². The number of nitrogens with zero attached hydrogens (tertiary/aromatic N) is 1. The van der Waals surface area contributed by atoms with Gasteiger partial charge in [0.05, 0.1) is 6.54 Å². The van der Waals surface area contributed by atoms with Crippen molar-refractivity contribution < 1.29 is 4.79 Å². The van der Waals surface area contributed by atoms with E-state index in [2.05, 4.69) is 15.6 Å². The molecular weight excluding hydrogens is 258 g/mol. The highest BCUT2D eigenvalue weighted by Gasteiger charge is 2.17. The van der Waals surface area contributed by atoms with Crippen molar-refractivity contribution >= 4 is 22.9 Å². The molecule has 0 radical (unpaired) electrons. The first-order valence-corrected chi connectivity index (χ1v) is 7.25. The molecule has 0 saturated heterocycles. The van der Waals surface area contributed by atoms with Gasteiger partial charge in [-0.05, 0) is 30.5 Å². The molecule has 4 nitrogen and oxygen atoms in total. The van der Waals surface area contributed by atoms with Crippen LogP contribution in [0.25, 0.3) is 0 Å². The number of hydrogen-bond donors (Lipinski definition) is 2. The number of amides is 1. The standard InChI is InChI=1S/C14H15N3OS/c18-14(17-9-13-16-7-8-19-13)11-3-1-5-12-10(11)4-2-6-15-12/h1,3,5,7-8,15H,2,4,6,9H2,(H,17,18). The number of aromatic nitrogens is 1. The molecule has 3 rings (SSSR count). The molecule has 0 atom stereocenters. The van der Waals surface area contributed by atoms with Crippen LogP contribution < -0.4 is 10.6 Å². The smallest absolute Gasteiger partial charge is 0.251 e. The summed E-state index contributed by atoms with van der Waals surface area (Å²) in [6.07, 6.45) is 3.79. The number of thiazole rings is 1. The second kappa shape index (κ2) is 5.40. The van der Waals surface area contributed by atoms with E-state index in [0.29, 0.717) is 6.54 Å². The number of rotatable bonds is 3. The summed E-state index contributed by atoms with van der Waals surface area (Å²) >= 11 is 1.55. The van der Waals surface area contributed by atoms with Crippen molar-refractivity contribution in [1.29, 1.82) is 0 Å². The van der Waals surface area contributed by atoms with Gasteiger partial charge in [-0.25, -0.2) is 4.98 Å². The predicted octanol–water partition coefficient (Wildman–Crippen LogP) is 2.43. The van der Waals surface area contributed by atoms with Crippen LogP contribution in [0.1, 0.15) is 27.3 Å². The SMILES string of the molecule is O=C(NCc1nccs1)c1cccc2c1CCCN2. The summed E-state index contributed by atoms with van der Waals surface area (Å²) in [7, 11) is 0. The van der Waals surface area contributed by atoms with Gasteiger partial charge < -0.3 is 10.6 Å². The van der Waals surface area contributed by atoms with Crippen molar-refractivity contribution in [2.45, 2.75) is 19.4 Å². The molecule has 1 aliphatic rings. The lowest BCUT2D eigenvalue weighted by Gasteiger charge is -2.20. The molecule has 1 amide bonds. The molecule has 98 valence electrons. The Morgan fingerprint density at radius 1 is 1.47 bits per heavy atom. The van der Waals surface area contributed by atoms with Gasteiger partial charge >= 0.3 is 0 Å². The molecule has 1 aromatic heterocycles. The van der Waals surface area contributed by atoms with Crippen molar-refractivity contribution in [3.63, 3.8) is 0 Å². The van der Waals surface area contributed by atoms with E-state index in [1.54, 1.807) is 17.5 Å². The zero-order chi connectivity index (χ0) is 13.1. The van der Waals surface area contributed by atoms with Crippen molar-refractivity contribution in [3.05, 3.63) is 45.9 Å². The number of hydrogen-bond acceptors (Lipinski definition) is 4. The largest absolute Gasteiger partial charge is 0.385 e. The molecule has 19 heavy (non-hydrogen) atoms. The Morgan fingerprint density at radius 2 is 2.42 bits per heavy atom. The van der Waals surface area contributed by atoms with E-state index in [4.69, 9.17) is 0 Å². The van der Waals surface area contributed by atoms with E-state index in [1.807, 2.05) is 23.6 Å². The topological polar surface area (TPSA) is 54.0 Å². The average molecular weight is 273 g/mol. The maximum absolute atomic E-state index is 12.2. The van der Waals surface area contributed by atoms with E-state index in [0.717, 1.165) is 41.2 Å². The van der Waals surface area contributed by atoms with Gasteiger partial charge in [-0.15, -0.1) is 11.3 Å². The van der Waals surface area contributed by atoms with Crippen molar-refractivity contribution in [2.24, 2.45) is 0 Å². The van der Waals surface area contributed by atoms with Gasteiger partial charge in [-0.3, -0.25) is 4.79 Å². The summed E-state index contributed by atoms with van der Waals surface area (Å²) in [5.41, 5.74) is 3.00. The van der Waals surface area contributed by atoms with Gasteiger partial charge in [0, 0.05) is 29.4 Å². The molecule has 0 unspecified atom stereocenters. The zero-order valence-electron chi connectivity index (χ0n) is 10.5. The molecule has 2 aromatic rings. The van der Waals surface area contributed by atoms with Crippen LogP contribution in [-0.2, 0) is 13.0 Å². The van der Waals surface area contributed by atoms with E-state index in [9.17, 15) is 4.79 Å². The summed E-state index contributed by atoms with van der Waals surface area (Å²) in [6, 6.07) is 5.85. The molecule has 0 bridgehead atoms. The van der Waals surface area contributed by atoms with Crippen molar-refractivity contribution in [1.82, 2.24) is 10.3 Å². The monoisotopic (exact) mass is 273 g/mol. The molecular formula is C14H15N3OS. The molecule has 2 heterocycles. The molecule has 0 aliphatic carbocycles. The molecule has 5 heteroatoms. The number of carbonyl (C=O) groups excluding carboxylic acids is 1. The van der Waals surface area contributed by atoms with Gasteiger partial charge in [0.25, 0.3) is 5.91 Å². The summed E-state index contributed by atoms with van der Waals surface area (Å²) in [4.78, 5) is 16.4. The quantitative estimate of drug-likeness (QED) is 0.903. The highest BCUT2D eigenvalue weighted by Crippen LogP contribution is 2.25. The fourth-order valence-electron chi connectivity index (χ4n) is 2.31. The van der Waals surface area contributed by atoms with Gasteiger partial charge in [-0.2, -0.15) is 0 Å². The number of nitrogens with one attached hydrogen (secondary N) is 2. The Kier molecular flexibility index (Phi) is 3.46. The number of anilines is 1. The molecule has 1 aliphatic heterocycles. The maximum Gasteiger partial charge on any atom is 0.251 e. The zero-order valence-corrected chi connectivity index (χ0v) is 11.3. The van der Waals surface area contributed by atoms with Crippen LogP contribution in [0.4, 0.5) is 5.69 Å². The summed E-state index contributed by atoms with van der Waals surface area (Å²) in [6.45, 7) is 1.48. The van der Waals surface area contributed by atoms with Crippen LogP contribution in [-0.4, -0.2) is 17.4 Å². The van der Waals surface area contributed by atoms with Crippen LogP contribution in [0.5, 0.6) is 0 Å². The lowest BCUT2D eigenvalue weighted by molar-refractivity contribution is 0.0950. The normalized spacial score (nSPS) is 13.5. The fraction of sp³-hybridized carbons (Fsp3) is 0.286. The summed E-state index contributed by atoms with van der Waals surface area (Å²) < 4.78 is 0. The van der Waals surface area contributed by atoms with Crippen LogP contribution in [0.2, 0.25) is 0 Å². The Bertz CT molecular complexity index is 580. The fourth-order valence-corrected chi connectivity index (χ4v) is 2.87. The third kappa shape index (κ3) is 2.61. The minimum atomic E-state index is -0.0178. The molecule has 1 aromatic carbocycles. The Morgan fingerprint density at radius 3 is 3.26 bits per heavy atom. The van der Waals surface area contributed by atoms with Crippen LogP contribution >= 0.6 is 11.3 Å². The Balaban J connectivity index is 1.76. The summed E-state index contributed by atoms with van der Waals surface area (Å²) in [5, 5.41) is 9.11. The van der Waals surface area contributed by atoms with Crippen LogP contribution in [0, 0.1) is 0 Å². The first-order valence-electron chi connectivity index (χ1n) is 6.37. The summed E-state index contributed by atoms with van der Waals surface area (Å²) in [5.74, 6) is -0.0178. The minimum absolute atomic E-state index is 0.0178. The second-order valence-electron chi connectivity index (χ2n) is 4.47. The maximum atomic E-state index is 12.2. The van der Waals surface area contributed by atoms with E-state index < -0.39 is 0 Å². The highest BCUT2D eigenvalue weighted by atomic mass is 32.1. The second-order valence-corrected chi connectivity index (χ2v) is 5.45. The Hall–Kier alpha value is -1.88. The lowest BCUT2D eigenvalue weighted by Crippen LogP contribution is -2.25. The number of benzene rings is 1. The first-order chi connectivity index (χ1) is 9.34. The van der Waals surface area contributed by atoms with E-state index in [-0.39, 0.29) is 5.91 Å². The average Bonchev–Trinajstić information content (AvgIpc) is 2.97. The van der Waals surface area contributed by atoms with E-state index in [1.165, 1.54) is 0 Å². The molecule has 0 saturated carbocycles. The van der Waals surface area contributed by atoms with Crippen molar-refractivity contribution in [2.75, 3.05) is 11.9 Å². The van der Waals surface area contributed by atoms with E-state index >= 15 is 0 Å². The number of fused-ring (bicyclic) bond motifs is 1. The highest BCUT2D eigenvalue weighted by molar-refractivity contribution is 7.09. The molecule has 0 fully saturated rings. The Labute approximate surface area is 115 Å². The lowest BCUT2D eigenvalue weighted by atomic mass is 9.97. The minimum Gasteiger partial charge on any atom is -0.385 e. The third-order valence-corrected chi connectivity index (χ3v) is 4.00. The third-order valence-electron chi connectivity index (χ3n) is 3.22. The number of carbonyl (C=O) groups is 1. The van der Waals surface area contributed by atoms with Gasteiger partial charge in [0.2, 0.25) is 0 Å². The molecule has 0 spiro atoms. The van der Waals surface area contributed by atoms with Gasteiger partial charge in [0.1, 0.15) is 5.01 Å². The van der Waals surface area contributed by atoms with Crippen LogP contribution in [0.3, 0.4) is 0 Å². The van der Waals surface area contributed by atoms with Gasteiger partial charge in [-0.1, -0.05) is 6.07 Å². The van der Waals surface area contributed by atoms with Gasteiger partial charge in [0.15, 0.2) is 0 Å². The first kappa shape index (κ1) is 12.2. The molecule has 2 N–H and O–H groups in total.